The van der Waals surface area contributed by atoms with Gasteiger partial charge in [-0.1, -0.05) is 34.6 Å². The maximum absolute atomic E-state index is 11.5. The normalized spacial score (nSPS) is 20.2. The molecule has 0 radical (unpaired) electrons. The van der Waals surface area contributed by atoms with Crippen LogP contribution in [0.2, 0.25) is 0 Å². The SMILES string of the molecule is CC(C)C(=O)NC1(C(C)(C)C)CC1. The van der Waals surface area contributed by atoms with Gasteiger partial charge in [0.15, 0.2) is 0 Å². The highest BCUT2D eigenvalue weighted by molar-refractivity contribution is 5.79. The molecule has 13 heavy (non-hydrogen) atoms. The molecule has 1 aliphatic rings. The average Bonchev–Trinajstić information content (AvgIpc) is 2.66. The van der Waals surface area contributed by atoms with Crippen molar-refractivity contribution in [1.29, 1.82) is 0 Å². The summed E-state index contributed by atoms with van der Waals surface area (Å²) in [5, 5.41) is 3.17. The third-order valence-corrected chi connectivity index (χ3v) is 3.07. The lowest BCUT2D eigenvalue weighted by Crippen LogP contribution is -2.47. The molecule has 0 aromatic rings. The molecule has 0 spiro atoms. The predicted octanol–water partition coefficient (Wildman–Crippen LogP) is 2.34. The topological polar surface area (TPSA) is 29.1 Å². The van der Waals surface area contributed by atoms with Crippen LogP contribution in [0.3, 0.4) is 0 Å². The van der Waals surface area contributed by atoms with Crippen LogP contribution in [0.1, 0.15) is 47.5 Å². The van der Waals surface area contributed by atoms with E-state index in [0.717, 1.165) is 12.8 Å². The van der Waals surface area contributed by atoms with Crippen molar-refractivity contribution in [2.75, 3.05) is 0 Å². The van der Waals surface area contributed by atoms with E-state index in [1.54, 1.807) is 0 Å². The number of hydrogen-bond donors (Lipinski definition) is 1. The minimum atomic E-state index is 0.0916. The highest BCUT2D eigenvalue weighted by Crippen LogP contribution is 2.49. The minimum absolute atomic E-state index is 0.0916. The molecule has 0 heterocycles. The molecule has 0 atom stereocenters. The summed E-state index contributed by atoms with van der Waals surface area (Å²) >= 11 is 0. The molecular formula is C11H21NO. The quantitative estimate of drug-likeness (QED) is 0.699. The van der Waals surface area contributed by atoms with Crippen LogP contribution in [0.4, 0.5) is 0 Å². The number of hydrogen-bond acceptors (Lipinski definition) is 1. The number of amides is 1. The van der Waals surface area contributed by atoms with E-state index in [2.05, 4.69) is 26.1 Å². The molecule has 1 N–H and O–H groups in total. The maximum Gasteiger partial charge on any atom is 0.222 e. The summed E-state index contributed by atoms with van der Waals surface area (Å²) in [6, 6.07) is 0. The predicted molar refractivity (Wildman–Crippen MR) is 54.4 cm³/mol. The summed E-state index contributed by atoms with van der Waals surface area (Å²) in [7, 11) is 0. The van der Waals surface area contributed by atoms with Crippen molar-refractivity contribution < 1.29 is 4.79 Å². The average molecular weight is 183 g/mol. The zero-order valence-electron chi connectivity index (χ0n) is 9.40. The Morgan fingerprint density at radius 1 is 1.31 bits per heavy atom. The van der Waals surface area contributed by atoms with Gasteiger partial charge < -0.3 is 5.32 Å². The van der Waals surface area contributed by atoms with Crippen LogP contribution in [-0.2, 0) is 4.79 Å². The monoisotopic (exact) mass is 183 g/mol. The second-order valence-electron chi connectivity index (χ2n) is 5.48. The molecule has 76 valence electrons. The van der Waals surface area contributed by atoms with E-state index in [1.807, 2.05) is 13.8 Å². The van der Waals surface area contributed by atoms with Crippen LogP contribution in [-0.4, -0.2) is 11.4 Å². The van der Waals surface area contributed by atoms with Crippen LogP contribution in [0.5, 0.6) is 0 Å². The molecule has 0 aromatic heterocycles. The zero-order chi connectivity index (χ0) is 10.3. The Bertz CT molecular complexity index is 209. The molecule has 2 heteroatoms. The highest BCUT2D eigenvalue weighted by Gasteiger charge is 2.52. The van der Waals surface area contributed by atoms with E-state index in [-0.39, 0.29) is 22.8 Å². The van der Waals surface area contributed by atoms with Gasteiger partial charge in [-0.05, 0) is 18.3 Å². The molecule has 0 aromatic carbocycles. The van der Waals surface area contributed by atoms with E-state index in [0.29, 0.717) is 0 Å². The Kier molecular flexibility index (Phi) is 2.44. The standard InChI is InChI=1S/C11H21NO/c1-8(2)9(13)12-11(6-7-11)10(3,4)5/h8H,6-7H2,1-5H3,(H,12,13). The largest absolute Gasteiger partial charge is 0.350 e. The Morgan fingerprint density at radius 3 is 2.00 bits per heavy atom. The van der Waals surface area contributed by atoms with Gasteiger partial charge in [0.05, 0.1) is 0 Å². The van der Waals surface area contributed by atoms with E-state index in [4.69, 9.17) is 0 Å². The summed E-state index contributed by atoms with van der Waals surface area (Å²) in [5.41, 5.74) is 0.284. The van der Waals surface area contributed by atoms with Crippen molar-refractivity contribution in [3.05, 3.63) is 0 Å². The van der Waals surface area contributed by atoms with Gasteiger partial charge >= 0.3 is 0 Å². The van der Waals surface area contributed by atoms with Crippen molar-refractivity contribution in [2.24, 2.45) is 11.3 Å². The number of carbonyl (C=O) groups excluding carboxylic acids is 1. The Morgan fingerprint density at radius 2 is 1.77 bits per heavy atom. The van der Waals surface area contributed by atoms with E-state index in [1.165, 1.54) is 0 Å². The van der Waals surface area contributed by atoms with Crippen molar-refractivity contribution in [2.45, 2.75) is 53.0 Å². The summed E-state index contributed by atoms with van der Waals surface area (Å²) in [6.07, 6.45) is 2.27. The third-order valence-electron chi connectivity index (χ3n) is 3.07. The molecule has 0 bridgehead atoms. The van der Waals surface area contributed by atoms with Crippen molar-refractivity contribution >= 4 is 5.91 Å². The molecule has 0 saturated heterocycles. The van der Waals surface area contributed by atoms with Gasteiger partial charge in [0.25, 0.3) is 0 Å². The molecule has 1 aliphatic carbocycles. The van der Waals surface area contributed by atoms with Crippen LogP contribution < -0.4 is 5.32 Å². The maximum atomic E-state index is 11.5. The second-order valence-corrected chi connectivity index (χ2v) is 5.48. The first-order valence-electron chi connectivity index (χ1n) is 5.10. The van der Waals surface area contributed by atoms with Gasteiger partial charge in [0.1, 0.15) is 0 Å². The van der Waals surface area contributed by atoms with Crippen LogP contribution in [0.25, 0.3) is 0 Å². The first-order valence-corrected chi connectivity index (χ1v) is 5.10. The van der Waals surface area contributed by atoms with Crippen LogP contribution in [0, 0.1) is 11.3 Å². The van der Waals surface area contributed by atoms with Gasteiger partial charge in [-0.25, -0.2) is 0 Å². The highest BCUT2D eigenvalue weighted by atomic mass is 16.2. The molecule has 2 nitrogen and oxygen atoms in total. The molecule has 0 aliphatic heterocycles. The summed E-state index contributed by atoms with van der Waals surface area (Å²) in [5.74, 6) is 0.284. The molecule has 1 rings (SSSR count). The van der Waals surface area contributed by atoms with Gasteiger partial charge in [-0.3, -0.25) is 4.79 Å². The Hall–Kier alpha value is -0.530. The fourth-order valence-electron chi connectivity index (χ4n) is 1.57. The lowest BCUT2D eigenvalue weighted by molar-refractivity contribution is -0.125. The number of carbonyl (C=O) groups is 1. The van der Waals surface area contributed by atoms with Gasteiger partial charge in [0, 0.05) is 11.5 Å². The molecule has 1 fully saturated rings. The van der Waals surface area contributed by atoms with Crippen molar-refractivity contribution in [3.63, 3.8) is 0 Å². The van der Waals surface area contributed by atoms with Gasteiger partial charge in [-0.15, -0.1) is 0 Å². The van der Waals surface area contributed by atoms with Gasteiger partial charge in [-0.2, -0.15) is 0 Å². The molecular weight excluding hydrogens is 162 g/mol. The van der Waals surface area contributed by atoms with E-state index in [9.17, 15) is 4.79 Å². The zero-order valence-corrected chi connectivity index (χ0v) is 9.40. The first-order chi connectivity index (χ1) is 5.78. The summed E-state index contributed by atoms with van der Waals surface area (Å²) in [4.78, 5) is 11.5. The van der Waals surface area contributed by atoms with E-state index < -0.39 is 0 Å². The minimum Gasteiger partial charge on any atom is -0.350 e. The third kappa shape index (κ3) is 2.04. The number of rotatable bonds is 2. The number of nitrogens with one attached hydrogen (secondary N) is 1. The summed E-state index contributed by atoms with van der Waals surface area (Å²) in [6.45, 7) is 10.5. The van der Waals surface area contributed by atoms with Gasteiger partial charge in [0.2, 0.25) is 5.91 Å². The van der Waals surface area contributed by atoms with Crippen molar-refractivity contribution in [1.82, 2.24) is 5.32 Å². The van der Waals surface area contributed by atoms with Crippen molar-refractivity contribution in [3.8, 4) is 0 Å². The second kappa shape index (κ2) is 3.00. The molecule has 1 saturated carbocycles. The molecule has 0 unspecified atom stereocenters. The fourth-order valence-corrected chi connectivity index (χ4v) is 1.57. The lowest BCUT2D eigenvalue weighted by atomic mass is 9.84. The smallest absolute Gasteiger partial charge is 0.222 e. The Balaban J connectivity index is 2.59. The first kappa shape index (κ1) is 10.6. The fraction of sp³-hybridized carbons (Fsp3) is 0.909. The lowest BCUT2D eigenvalue weighted by Gasteiger charge is -2.32. The van der Waals surface area contributed by atoms with Crippen LogP contribution >= 0.6 is 0 Å². The van der Waals surface area contributed by atoms with E-state index >= 15 is 0 Å². The Labute approximate surface area is 81.1 Å². The van der Waals surface area contributed by atoms with Crippen LogP contribution in [0.15, 0.2) is 0 Å². The molecule has 1 amide bonds. The summed E-state index contributed by atoms with van der Waals surface area (Å²) < 4.78 is 0.